The molecule has 1 aliphatic heterocycles. The minimum Gasteiger partial charge on any atom is -0.374 e. The van der Waals surface area contributed by atoms with Crippen LogP contribution in [0.15, 0.2) is 22.7 Å². The first kappa shape index (κ1) is 9.99. The molecular weight excluding hydrogens is 240 g/mol. The zero-order valence-corrected chi connectivity index (χ0v) is 10.1. The zero-order valence-electron chi connectivity index (χ0n) is 8.50. The quantitative estimate of drug-likeness (QED) is 0.834. The lowest BCUT2D eigenvalue weighted by molar-refractivity contribution is 0.593. The molecule has 0 aromatic heterocycles. The van der Waals surface area contributed by atoms with Gasteiger partial charge in [0, 0.05) is 35.7 Å². The summed E-state index contributed by atoms with van der Waals surface area (Å²) in [5, 5.41) is 0. The number of nitrogens with two attached hydrogens (primary N) is 1. The highest BCUT2D eigenvalue weighted by molar-refractivity contribution is 9.10. The van der Waals surface area contributed by atoms with Crippen LogP contribution in [-0.2, 0) is 0 Å². The largest absolute Gasteiger partial charge is 0.374 e. The van der Waals surface area contributed by atoms with Gasteiger partial charge >= 0.3 is 0 Å². The van der Waals surface area contributed by atoms with Gasteiger partial charge in [-0.05, 0) is 24.6 Å². The van der Waals surface area contributed by atoms with Crippen molar-refractivity contribution in [1.82, 2.24) is 0 Å². The van der Waals surface area contributed by atoms with E-state index in [1.165, 1.54) is 11.3 Å². The first-order valence-corrected chi connectivity index (χ1v) is 5.65. The Balaban J connectivity index is 2.44. The number of benzene rings is 1. The van der Waals surface area contributed by atoms with Gasteiger partial charge < -0.3 is 10.6 Å². The molecule has 0 bridgehead atoms. The molecule has 2 rings (SSSR count). The standard InChI is InChI=1S/C11H15BrN2/c1-7(13)10-6-14(2)11-5-8(12)3-4-9(10)11/h3-5,7,10H,6,13H2,1-2H3. The van der Waals surface area contributed by atoms with Gasteiger partial charge in [-0.15, -0.1) is 0 Å². The van der Waals surface area contributed by atoms with E-state index in [0.717, 1.165) is 11.0 Å². The number of fused-ring (bicyclic) bond motifs is 1. The third kappa shape index (κ3) is 1.55. The van der Waals surface area contributed by atoms with E-state index in [4.69, 9.17) is 5.73 Å². The second-order valence-corrected chi connectivity index (χ2v) is 4.96. The monoisotopic (exact) mass is 254 g/mol. The van der Waals surface area contributed by atoms with E-state index < -0.39 is 0 Å². The molecule has 1 aliphatic rings. The van der Waals surface area contributed by atoms with E-state index >= 15 is 0 Å². The minimum atomic E-state index is 0.222. The Morgan fingerprint density at radius 3 is 2.93 bits per heavy atom. The Bertz CT molecular complexity index is 349. The van der Waals surface area contributed by atoms with E-state index in [1.807, 2.05) is 0 Å². The van der Waals surface area contributed by atoms with Gasteiger partial charge in [0.05, 0.1) is 0 Å². The van der Waals surface area contributed by atoms with Gasteiger partial charge in [0.15, 0.2) is 0 Å². The summed E-state index contributed by atoms with van der Waals surface area (Å²) in [5.41, 5.74) is 8.66. The van der Waals surface area contributed by atoms with E-state index in [-0.39, 0.29) is 6.04 Å². The first-order chi connectivity index (χ1) is 6.59. The topological polar surface area (TPSA) is 29.3 Å². The van der Waals surface area contributed by atoms with Crippen molar-refractivity contribution in [3.63, 3.8) is 0 Å². The minimum absolute atomic E-state index is 0.222. The highest BCUT2D eigenvalue weighted by Crippen LogP contribution is 2.38. The van der Waals surface area contributed by atoms with Crippen LogP contribution in [0.25, 0.3) is 0 Å². The van der Waals surface area contributed by atoms with Crippen molar-refractivity contribution in [2.75, 3.05) is 18.5 Å². The van der Waals surface area contributed by atoms with Crippen LogP contribution in [-0.4, -0.2) is 19.6 Å². The Kier molecular flexibility index (Phi) is 2.54. The zero-order chi connectivity index (χ0) is 10.3. The Labute approximate surface area is 93.2 Å². The molecule has 1 aromatic rings. The fourth-order valence-electron chi connectivity index (χ4n) is 2.10. The average molecular weight is 255 g/mol. The van der Waals surface area contributed by atoms with E-state index in [0.29, 0.717) is 5.92 Å². The lowest BCUT2D eigenvalue weighted by Gasteiger charge is -2.15. The Morgan fingerprint density at radius 2 is 2.29 bits per heavy atom. The summed E-state index contributed by atoms with van der Waals surface area (Å²) >= 11 is 3.49. The molecule has 1 aromatic carbocycles. The molecule has 2 atom stereocenters. The third-order valence-electron chi connectivity index (χ3n) is 2.91. The molecule has 1 heterocycles. The molecular formula is C11H15BrN2. The maximum Gasteiger partial charge on any atom is 0.0411 e. The van der Waals surface area contributed by atoms with Crippen molar-refractivity contribution in [2.24, 2.45) is 5.73 Å². The van der Waals surface area contributed by atoms with Crippen molar-refractivity contribution in [2.45, 2.75) is 18.9 Å². The first-order valence-electron chi connectivity index (χ1n) is 4.86. The van der Waals surface area contributed by atoms with Gasteiger partial charge in [-0.25, -0.2) is 0 Å². The molecule has 3 heteroatoms. The fourth-order valence-corrected chi connectivity index (χ4v) is 2.45. The predicted molar refractivity (Wildman–Crippen MR) is 63.8 cm³/mol. The van der Waals surface area contributed by atoms with Gasteiger partial charge in [-0.1, -0.05) is 22.0 Å². The maximum absolute atomic E-state index is 5.97. The summed E-state index contributed by atoms with van der Waals surface area (Å²) in [5.74, 6) is 0.475. The highest BCUT2D eigenvalue weighted by Gasteiger charge is 2.28. The lowest BCUT2D eigenvalue weighted by atomic mass is 9.95. The molecule has 0 fully saturated rings. The summed E-state index contributed by atoms with van der Waals surface area (Å²) in [7, 11) is 2.12. The summed E-state index contributed by atoms with van der Waals surface area (Å²) < 4.78 is 1.13. The van der Waals surface area contributed by atoms with E-state index in [1.54, 1.807) is 0 Å². The van der Waals surface area contributed by atoms with Crippen LogP contribution in [0.3, 0.4) is 0 Å². The molecule has 0 radical (unpaired) electrons. The number of nitrogens with zero attached hydrogens (tertiary/aromatic N) is 1. The molecule has 2 unspecified atom stereocenters. The molecule has 2 nitrogen and oxygen atoms in total. The van der Waals surface area contributed by atoms with Crippen LogP contribution in [0, 0.1) is 0 Å². The van der Waals surface area contributed by atoms with E-state index in [9.17, 15) is 0 Å². The van der Waals surface area contributed by atoms with Crippen LogP contribution in [0.2, 0.25) is 0 Å². The molecule has 0 aliphatic carbocycles. The predicted octanol–water partition coefficient (Wildman–Crippen LogP) is 2.33. The number of anilines is 1. The molecule has 0 amide bonds. The Morgan fingerprint density at radius 1 is 1.57 bits per heavy atom. The van der Waals surface area contributed by atoms with Crippen molar-refractivity contribution < 1.29 is 0 Å². The SMILES string of the molecule is CC(N)C1CN(C)c2cc(Br)ccc21. The number of hydrogen-bond donors (Lipinski definition) is 1. The molecule has 76 valence electrons. The summed E-state index contributed by atoms with van der Waals surface area (Å²) in [6, 6.07) is 6.65. The third-order valence-corrected chi connectivity index (χ3v) is 3.40. The van der Waals surface area contributed by atoms with Crippen LogP contribution >= 0.6 is 15.9 Å². The summed E-state index contributed by atoms with van der Waals surface area (Å²) in [6.07, 6.45) is 0. The number of halogens is 1. The normalized spacial score (nSPS) is 22.3. The van der Waals surface area contributed by atoms with Crippen LogP contribution in [0.4, 0.5) is 5.69 Å². The second-order valence-electron chi connectivity index (χ2n) is 4.05. The number of rotatable bonds is 1. The molecule has 0 saturated carbocycles. The second kappa shape index (κ2) is 3.55. The van der Waals surface area contributed by atoms with Gasteiger partial charge in [-0.3, -0.25) is 0 Å². The van der Waals surface area contributed by atoms with Gasteiger partial charge in [0.25, 0.3) is 0 Å². The smallest absolute Gasteiger partial charge is 0.0411 e. The number of hydrogen-bond acceptors (Lipinski definition) is 2. The molecule has 0 spiro atoms. The lowest BCUT2D eigenvalue weighted by Crippen LogP contribution is -2.28. The van der Waals surface area contributed by atoms with Crippen LogP contribution in [0.5, 0.6) is 0 Å². The number of likely N-dealkylation sites (N-methyl/N-ethyl adjacent to an activating group) is 1. The maximum atomic E-state index is 5.97. The fraction of sp³-hybridized carbons (Fsp3) is 0.455. The van der Waals surface area contributed by atoms with Gasteiger partial charge in [0.2, 0.25) is 0 Å². The van der Waals surface area contributed by atoms with Crippen molar-refractivity contribution in [1.29, 1.82) is 0 Å². The summed E-state index contributed by atoms with van der Waals surface area (Å²) in [6.45, 7) is 3.11. The van der Waals surface area contributed by atoms with Crippen LogP contribution in [0.1, 0.15) is 18.4 Å². The van der Waals surface area contributed by atoms with Crippen molar-refractivity contribution in [3.8, 4) is 0 Å². The average Bonchev–Trinajstić information content (AvgIpc) is 2.44. The Hall–Kier alpha value is -0.540. The van der Waals surface area contributed by atoms with E-state index in [2.05, 4.69) is 53.0 Å². The molecule has 0 saturated heterocycles. The molecule has 14 heavy (non-hydrogen) atoms. The molecule has 2 N–H and O–H groups in total. The van der Waals surface area contributed by atoms with Crippen molar-refractivity contribution >= 4 is 21.6 Å². The van der Waals surface area contributed by atoms with Gasteiger partial charge in [0.1, 0.15) is 0 Å². The summed E-state index contributed by atoms with van der Waals surface area (Å²) in [4.78, 5) is 2.27. The van der Waals surface area contributed by atoms with Crippen molar-refractivity contribution in [3.05, 3.63) is 28.2 Å². The van der Waals surface area contributed by atoms with Crippen LogP contribution < -0.4 is 10.6 Å². The highest BCUT2D eigenvalue weighted by atomic mass is 79.9. The van der Waals surface area contributed by atoms with Gasteiger partial charge in [-0.2, -0.15) is 0 Å².